The lowest BCUT2D eigenvalue weighted by molar-refractivity contribution is -0.148. The Kier molecular flexibility index (Phi) is 27.0. The van der Waals surface area contributed by atoms with Gasteiger partial charge >= 0.3 is 6.09 Å². The molecule has 0 radical (unpaired) electrons. The number of ether oxygens (including phenoxy) is 3. The Morgan fingerprint density at radius 1 is 0.714 bits per heavy atom. The molecule has 0 unspecified atom stereocenters. The van der Waals surface area contributed by atoms with Gasteiger partial charge in [0.15, 0.2) is 0 Å². The van der Waals surface area contributed by atoms with Crippen molar-refractivity contribution in [2.45, 2.75) is 187 Å². The number of amides is 9. The number of primary amides is 1. The maximum Gasteiger partial charge on any atom is 0.410 e. The smallest absolute Gasteiger partial charge is 0.410 e. The van der Waals surface area contributed by atoms with Crippen LogP contribution in [0.15, 0.2) is 54.6 Å². The van der Waals surface area contributed by atoms with Crippen LogP contribution >= 0.6 is 0 Å². The summed E-state index contributed by atoms with van der Waals surface area (Å²) in [6.07, 6.45) is -0.770. The zero-order chi connectivity index (χ0) is 62.9. The van der Waals surface area contributed by atoms with E-state index in [0.717, 1.165) is 0 Å². The van der Waals surface area contributed by atoms with Crippen molar-refractivity contribution in [1.29, 1.82) is 0 Å². The summed E-state index contributed by atoms with van der Waals surface area (Å²) >= 11 is 0. The third-order valence-electron chi connectivity index (χ3n) is 16.5. The summed E-state index contributed by atoms with van der Waals surface area (Å²) in [7, 11) is 6.11. The second-order valence-corrected chi connectivity index (χ2v) is 23.7. The van der Waals surface area contributed by atoms with E-state index in [1.165, 1.54) is 31.1 Å². The number of likely N-dealkylation sites (tertiary alicyclic amines) is 2. The molecule has 9 N–H and O–H groups in total. The second-order valence-electron chi connectivity index (χ2n) is 23.7. The van der Waals surface area contributed by atoms with Crippen molar-refractivity contribution in [2.24, 2.45) is 41.1 Å². The zero-order valence-corrected chi connectivity index (χ0v) is 51.8. The Morgan fingerprint density at radius 2 is 1.32 bits per heavy atom. The van der Waals surface area contributed by atoms with Gasteiger partial charge in [0.25, 0.3) is 0 Å². The van der Waals surface area contributed by atoms with E-state index in [1.807, 2.05) is 45.9 Å². The first-order chi connectivity index (χ1) is 39.6. The predicted molar refractivity (Wildman–Crippen MR) is 317 cm³/mol. The van der Waals surface area contributed by atoms with Crippen molar-refractivity contribution in [2.75, 3.05) is 46.7 Å². The van der Waals surface area contributed by atoms with E-state index in [9.17, 15) is 48.3 Å². The van der Waals surface area contributed by atoms with Crippen molar-refractivity contribution >= 4 is 59.0 Å². The normalized spacial score (nSPS) is 19.2. The van der Waals surface area contributed by atoms with E-state index >= 15 is 0 Å². The third kappa shape index (κ3) is 18.4. The summed E-state index contributed by atoms with van der Waals surface area (Å²) in [6.45, 7) is 18.7. The average molecular weight is 1180 g/mol. The Labute approximate surface area is 496 Å². The fraction of sp³-hybridized carbons (Fsp3) is 0.656. The van der Waals surface area contributed by atoms with Crippen molar-refractivity contribution in [3.8, 4) is 0 Å². The molecule has 0 aromatic heterocycles. The van der Waals surface area contributed by atoms with Crippen LogP contribution in [0.25, 0.3) is 0 Å². The Bertz CT molecular complexity index is 2540. The minimum atomic E-state index is -1.18. The van der Waals surface area contributed by atoms with Gasteiger partial charge < -0.3 is 66.8 Å². The molecular formula is C61H96N10O13. The summed E-state index contributed by atoms with van der Waals surface area (Å²) in [5.41, 5.74) is 12.8. The lowest BCUT2D eigenvalue weighted by Crippen LogP contribution is -2.60. The number of anilines is 1. The van der Waals surface area contributed by atoms with Crippen molar-refractivity contribution in [1.82, 2.24) is 35.6 Å². The molecule has 2 heterocycles. The number of rotatable bonds is 30. The summed E-state index contributed by atoms with van der Waals surface area (Å²) < 4.78 is 17.7. The highest BCUT2D eigenvalue weighted by molar-refractivity contribution is 5.99. The number of carbonyl (C=O) groups excluding carboxylic acids is 9. The minimum absolute atomic E-state index is 0.0791. The van der Waals surface area contributed by atoms with Crippen LogP contribution in [0.4, 0.5) is 10.5 Å². The van der Waals surface area contributed by atoms with Gasteiger partial charge in [-0.25, -0.2) is 4.79 Å². The molecular weight excluding hydrogens is 1080 g/mol. The summed E-state index contributed by atoms with van der Waals surface area (Å²) in [4.78, 5) is 128. The molecule has 13 atom stereocenters. The second kappa shape index (κ2) is 32.6. The van der Waals surface area contributed by atoms with Crippen molar-refractivity contribution < 1.29 is 62.5 Å². The number of aliphatic hydroxyl groups is 1. The maximum atomic E-state index is 14.7. The number of aliphatic hydroxyl groups excluding tert-OH is 1. The van der Waals surface area contributed by atoms with Crippen LogP contribution < -0.4 is 32.7 Å². The number of carbonyl (C=O) groups is 9. The molecule has 23 heteroatoms. The summed E-state index contributed by atoms with van der Waals surface area (Å²) in [5, 5.41) is 22.4. The SMILES string of the molecule is CC[C@H](C)[C@@H]([C@@H](CC(=O)N1CCC[C@H]1[C@H](OC)[C@@H](C)C(=O)N[C@H](C)[C@@H](O)c1ccccc1)OC)N(C)C(=O)[C@@H](NC(=O)[C@H](C(C)C)N(C)C(=O)OCc1ccc(NC(=O)[C@@H](NC(=O)[C@@H]2CCCN2C(=O)[C@@H](N)CC(N)=O)C(C)C)cc1)C(C)C. The molecule has 2 fully saturated rings. The molecule has 0 spiro atoms. The molecule has 84 heavy (non-hydrogen) atoms. The fourth-order valence-corrected chi connectivity index (χ4v) is 11.4. The Morgan fingerprint density at radius 3 is 1.88 bits per heavy atom. The highest BCUT2D eigenvalue weighted by Gasteiger charge is 2.44. The first kappa shape index (κ1) is 69.8. The first-order valence-corrected chi connectivity index (χ1v) is 29.5. The number of methoxy groups -OCH3 is 2. The predicted octanol–water partition coefficient (Wildman–Crippen LogP) is 3.85. The summed E-state index contributed by atoms with van der Waals surface area (Å²) in [6, 6.07) is 8.83. The molecule has 0 bridgehead atoms. The van der Waals surface area contributed by atoms with Crippen LogP contribution in [-0.2, 0) is 59.2 Å². The van der Waals surface area contributed by atoms with Crippen LogP contribution in [-0.4, -0.2) is 180 Å². The first-order valence-electron chi connectivity index (χ1n) is 29.5. The topological polar surface area (TPSA) is 315 Å². The molecule has 2 aliphatic heterocycles. The number of hydrogen-bond acceptors (Lipinski definition) is 14. The Balaban J connectivity index is 1.38. The van der Waals surface area contributed by atoms with Gasteiger partial charge in [0.1, 0.15) is 30.8 Å². The minimum Gasteiger partial charge on any atom is -0.445 e. The number of likely N-dealkylation sites (N-methyl/N-ethyl adjacent to an activating group) is 2. The number of benzene rings is 2. The third-order valence-corrected chi connectivity index (χ3v) is 16.5. The van der Waals surface area contributed by atoms with E-state index < -0.39 is 126 Å². The molecule has 2 saturated heterocycles. The highest BCUT2D eigenvalue weighted by atomic mass is 16.6. The van der Waals surface area contributed by atoms with E-state index in [2.05, 4.69) is 21.3 Å². The lowest BCUT2D eigenvalue weighted by Gasteiger charge is -2.41. The van der Waals surface area contributed by atoms with E-state index in [4.69, 9.17) is 25.7 Å². The molecule has 2 aliphatic rings. The molecule has 0 saturated carbocycles. The molecule has 468 valence electrons. The molecule has 2 aromatic rings. The number of nitrogens with zero attached hydrogens (tertiary/aromatic N) is 4. The van der Waals surface area contributed by atoms with Gasteiger partial charge in [-0.05, 0) is 79.5 Å². The van der Waals surface area contributed by atoms with Crippen LogP contribution in [0.1, 0.15) is 131 Å². The average Bonchev–Trinajstić information content (AvgIpc) is 4.35. The highest BCUT2D eigenvalue weighted by Crippen LogP contribution is 2.31. The van der Waals surface area contributed by atoms with Crippen LogP contribution in [0.2, 0.25) is 0 Å². The van der Waals surface area contributed by atoms with E-state index in [0.29, 0.717) is 55.5 Å². The van der Waals surface area contributed by atoms with Crippen LogP contribution in [0.5, 0.6) is 0 Å². The van der Waals surface area contributed by atoms with Crippen LogP contribution in [0, 0.1) is 29.6 Å². The van der Waals surface area contributed by atoms with Crippen molar-refractivity contribution in [3.63, 3.8) is 0 Å². The van der Waals surface area contributed by atoms with Gasteiger partial charge in [-0.3, -0.25) is 43.3 Å². The lowest BCUT2D eigenvalue weighted by atomic mass is 9.89. The van der Waals surface area contributed by atoms with Gasteiger partial charge in [-0.15, -0.1) is 0 Å². The molecule has 4 rings (SSSR count). The molecule has 23 nitrogen and oxygen atoms in total. The maximum absolute atomic E-state index is 14.7. The van der Waals surface area contributed by atoms with Gasteiger partial charge in [0, 0.05) is 47.1 Å². The van der Waals surface area contributed by atoms with Gasteiger partial charge in [-0.1, -0.05) is 111 Å². The molecule has 9 amide bonds. The van der Waals surface area contributed by atoms with Crippen LogP contribution in [0.3, 0.4) is 0 Å². The monoisotopic (exact) mass is 1180 g/mol. The van der Waals surface area contributed by atoms with Crippen molar-refractivity contribution in [3.05, 3.63) is 65.7 Å². The summed E-state index contributed by atoms with van der Waals surface area (Å²) in [5.74, 6) is -5.86. The largest absolute Gasteiger partial charge is 0.445 e. The van der Waals surface area contributed by atoms with Gasteiger partial charge in [0.05, 0.1) is 61.2 Å². The standard InChI is InChI=1S/C61H96N10O13/c1-15-37(8)52(46(82-13)32-48(73)70-29-19-23-44(70)54(83-14)38(9)55(75)64-39(10)53(74)41-21-17-16-18-22-41)68(11)60(80)50(35(4)5)67-58(78)51(36(6)7)69(12)61(81)84-33-40-25-27-42(28-26-40)65-57(77)49(34(2)3)66-56(76)45-24-20-30-71(45)59(79)43(62)31-47(63)72/h16-18,21-22,25-28,34-39,43-46,49-54,74H,15,19-20,23-24,29-33,62H2,1-14H3,(H2,63,72)(H,64,75)(H,65,77)(H,66,76)(H,67,78)/t37-,38+,39+,43-,44-,45-,46+,49-,50-,51-,52-,53+,54+/m0/s1. The number of hydrogen-bond donors (Lipinski definition) is 7. The van der Waals surface area contributed by atoms with Gasteiger partial charge in [0.2, 0.25) is 47.3 Å². The molecule has 2 aromatic carbocycles. The number of nitrogens with one attached hydrogen (secondary N) is 4. The van der Waals surface area contributed by atoms with E-state index in [1.54, 1.807) is 94.8 Å². The van der Waals surface area contributed by atoms with Gasteiger partial charge in [-0.2, -0.15) is 0 Å². The molecule has 0 aliphatic carbocycles. The quantitative estimate of drug-likeness (QED) is 0.0585. The zero-order valence-electron chi connectivity index (χ0n) is 51.8. The fourth-order valence-electron chi connectivity index (χ4n) is 11.4. The van der Waals surface area contributed by atoms with E-state index in [-0.39, 0.29) is 49.6 Å². The Hall–Kier alpha value is -6.69. The number of nitrogens with two attached hydrogens (primary N) is 2.